The first-order chi connectivity index (χ1) is 18.5. The molecule has 0 saturated heterocycles. The van der Waals surface area contributed by atoms with Gasteiger partial charge in [-0.3, -0.25) is 14.4 Å². The van der Waals surface area contributed by atoms with Crippen LogP contribution in [0.3, 0.4) is 0 Å². The number of esters is 2. The van der Waals surface area contributed by atoms with Crippen LogP contribution in [0.4, 0.5) is 0 Å². The molecule has 0 heterocycles. The maximum atomic E-state index is 14.5. The van der Waals surface area contributed by atoms with E-state index in [1.807, 2.05) is 6.92 Å². The van der Waals surface area contributed by atoms with Crippen molar-refractivity contribution in [1.82, 2.24) is 0 Å². The molecule has 224 valence electrons. The number of fused-ring (bicyclic) bond motifs is 7. The molecule has 0 aromatic rings. The Hall–Kier alpha value is -1.69. The fourth-order valence-electron chi connectivity index (χ4n) is 11.1. The number of carbonyl (C=O) groups is 3. The lowest BCUT2D eigenvalue weighted by Gasteiger charge is -2.70. The second-order valence-electron chi connectivity index (χ2n) is 16.0. The lowest BCUT2D eigenvalue weighted by atomic mass is 9.33. The number of allylic oxidation sites excluding steroid dienone is 2. The molecule has 0 unspecified atom stereocenters. The molecule has 0 amide bonds. The molecule has 0 bridgehead atoms. The van der Waals surface area contributed by atoms with Gasteiger partial charge < -0.3 is 15.2 Å². The summed E-state index contributed by atoms with van der Waals surface area (Å²) < 4.78 is 11.4. The smallest absolute Gasteiger partial charge is 0.319 e. The van der Waals surface area contributed by atoms with Crippen LogP contribution in [0.15, 0.2) is 11.6 Å². The minimum atomic E-state index is -0.507. The van der Waals surface area contributed by atoms with Crippen molar-refractivity contribution in [2.75, 3.05) is 13.2 Å². The van der Waals surface area contributed by atoms with Gasteiger partial charge in [0.15, 0.2) is 5.78 Å². The predicted octanol–water partition coefficient (Wildman–Crippen LogP) is 6.40. The topological polar surface area (TPSA) is 95.7 Å². The molecule has 40 heavy (non-hydrogen) atoms. The van der Waals surface area contributed by atoms with Gasteiger partial charge in [-0.15, -0.1) is 0 Å². The molecule has 0 aromatic heterocycles. The molecular formula is C34H53NO5. The SMILES string of the molecule is CCOC(=O)[C@@]1(C)CC[C@]2(C)CC[C@]3(C)C(=CC(=O)[C@@H]4[C@@]5(C)CC[C@H](OC(=O)CN)C(C)(C)[C@@H]5CC[C@]43C)[C@@H]2C1. The monoisotopic (exact) mass is 555 g/mol. The first-order valence-electron chi connectivity index (χ1n) is 15.9. The average molecular weight is 556 g/mol. The highest BCUT2D eigenvalue weighted by molar-refractivity contribution is 5.95. The van der Waals surface area contributed by atoms with Crippen LogP contribution >= 0.6 is 0 Å². The van der Waals surface area contributed by atoms with Gasteiger partial charge in [0.1, 0.15) is 6.10 Å². The number of nitrogens with two attached hydrogens (primary N) is 1. The zero-order chi connectivity index (χ0) is 29.5. The van der Waals surface area contributed by atoms with Crippen LogP contribution in [-0.2, 0) is 23.9 Å². The van der Waals surface area contributed by atoms with E-state index >= 15 is 0 Å². The Morgan fingerprint density at radius 1 is 0.950 bits per heavy atom. The highest BCUT2D eigenvalue weighted by atomic mass is 16.5. The fourth-order valence-corrected chi connectivity index (χ4v) is 11.1. The third kappa shape index (κ3) is 3.93. The second kappa shape index (κ2) is 9.41. The van der Waals surface area contributed by atoms with Crippen LogP contribution in [0.1, 0.15) is 113 Å². The third-order valence-corrected chi connectivity index (χ3v) is 13.7. The maximum Gasteiger partial charge on any atom is 0.319 e. The molecule has 6 nitrogen and oxygen atoms in total. The molecule has 9 atom stereocenters. The van der Waals surface area contributed by atoms with Crippen molar-refractivity contribution in [2.45, 2.75) is 119 Å². The fraction of sp³-hybridized carbons (Fsp3) is 0.853. The Labute approximate surface area is 241 Å². The summed E-state index contributed by atoms with van der Waals surface area (Å²) in [4.78, 5) is 39.8. The van der Waals surface area contributed by atoms with E-state index < -0.39 is 5.41 Å². The molecule has 4 saturated carbocycles. The summed E-state index contributed by atoms with van der Waals surface area (Å²) in [6, 6.07) is 0. The molecule has 5 aliphatic carbocycles. The van der Waals surface area contributed by atoms with E-state index in [0.717, 1.165) is 57.8 Å². The second-order valence-corrected chi connectivity index (χ2v) is 16.0. The van der Waals surface area contributed by atoms with Crippen LogP contribution in [0.2, 0.25) is 0 Å². The van der Waals surface area contributed by atoms with Gasteiger partial charge in [-0.05, 0) is 111 Å². The van der Waals surface area contributed by atoms with Crippen molar-refractivity contribution in [3.63, 3.8) is 0 Å². The van der Waals surface area contributed by atoms with E-state index in [1.165, 1.54) is 5.57 Å². The lowest BCUT2D eigenvalue weighted by molar-refractivity contribution is -0.210. The lowest BCUT2D eigenvalue weighted by Crippen LogP contribution is -2.66. The Morgan fingerprint density at radius 3 is 2.27 bits per heavy atom. The van der Waals surface area contributed by atoms with Gasteiger partial charge in [0.05, 0.1) is 18.6 Å². The molecule has 6 heteroatoms. The highest BCUT2D eigenvalue weighted by Gasteiger charge is 2.70. The van der Waals surface area contributed by atoms with Gasteiger partial charge in [0.2, 0.25) is 0 Å². The van der Waals surface area contributed by atoms with E-state index in [4.69, 9.17) is 15.2 Å². The molecule has 2 N–H and O–H groups in total. The number of hydrogen-bond donors (Lipinski definition) is 1. The number of hydrogen-bond acceptors (Lipinski definition) is 6. The minimum absolute atomic E-state index is 0.0673. The highest BCUT2D eigenvalue weighted by Crippen LogP contribution is 2.75. The zero-order valence-corrected chi connectivity index (χ0v) is 26.3. The van der Waals surface area contributed by atoms with Crippen molar-refractivity contribution >= 4 is 17.7 Å². The molecule has 0 radical (unpaired) electrons. The molecule has 4 fully saturated rings. The van der Waals surface area contributed by atoms with E-state index in [2.05, 4.69) is 54.5 Å². The normalized spacial score (nSPS) is 47.5. The summed E-state index contributed by atoms with van der Waals surface area (Å²) in [5, 5.41) is 0. The summed E-state index contributed by atoms with van der Waals surface area (Å²) in [7, 11) is 0. The molecule has 5 aliphatic rings. The molecule has 5 rings (SSSR count). The van der Waals surface area contributed by atoms with Crippen molar-refractivity contribution in [2.24, 2.45) is 56.0 Å². The summed E-state index contributed by atoms with van der Waals surface area (Å²) in [6.45, 7) is 18.3. The molecule has 0 aliphatic heterocycles. The Bertz CT molecular complexity index is 1130. The number of ketones is 1. The Balaban J connectivity index is 1.54. The van der Waals surface area contributed by atoms with Crippen LogP contribution in [0.5, 0.6) is 0 Å². The predicted molar refractivity (Wildman–Crippen MR) is 155 cm³/mol. The van der Waals surface area contributed by atoms with Crippen LogP contribution in [0, 0.1) is 50.2 Å². The first-order valence-corrected chi connectivity index (χ1v) is 15.9. The maximum absolute atomic E-state index is 14.5. The van der Waals surface area contributed by atoms with E-state index in [9.17, 15) is 14.4 Å². The van der Waals surface area contributed by atoms with Crippen molar-refractivity contribution < 1.29 is 23.9 Å². The van der Waals surface area contributed by atoms with E-state index in [1.54, 1.807) is 0 Å². The van der Waals surface area contributed by atoms with E-state index in [-0.39, 0.29) is 75.2 Å². The van der Waals surface area contributed by atoms with Crippen LogP contribution < -0.4 is 5.73 Å². The summed E-state index contributed by atoms with van der Waals surface area (Å²) >= 11 is 0. The third-order valence-electron chi connectivity index (χ3n) is 13.7. The zero-order valence-electron chi connectivity index (χ0n) is 26.3. The van der Waals surface area contributed by atoms with Crippen molar-refractivity contribution in [3.8, 4) is 0 Å². The van der Waals surface area contributed by atoms with Gasteiger partial charge in [-0.2, -0.15) is 0 Å². The summed E-state index contributed by atoms with van der Waals surface area (Å²) in [5.41, 5.74) is 5.84. The average Bonchev–Trinajstić information content (AvgIpc) is 2.88. The summed E-state index contributed by atoms with van der Waals surface area (Å²) in [5.74, 6) is 0.276. The number of rotatable bonds is 4. The van der Waals surface area contributed by atoms with Gasteiger partial charge in [-0.1, -0.05) is 47.1 Å². The standard InChI is InChI=1S/C34H53NO5/c1-9-39-28(38)31(5)15-14-30(4)16-17-33(7)21(22(30)19-31)18-23(36)27-32(6)12-11-25(40-26(37)20-35)29(2,3)24(32)10-13-34(27,33)8/h18,22,24-25,27H,9-17,19-20,35H2,1-8H3/t22-,24-,25-,27+,30+,31-,32-,33+,34+/m0/s1. The van der Waals surface area contributed by atoms with Gasteiger partial charge in [0.25, 0.3) is 0 Å². The molecule has 0 spiro atoms. The van der Waals surface area contributed by atoms with Crippen LogP contribution in [0.25, 0.3) is 0 Å². The minimum Gasteiger partial charge on any atom is -0.466 e. The molecular weight excluding hydrogens is 502 g/mol. The van der Waals surface area contributed by atoms with Crippen LogP contribution in [-0.4, -0.2) is 37.0 Å². The largest absolute Gasteiger partial charge is 0.466 e. The quantitative estimate of drug-likeness (QED) is 0.403. The molecule has 0 aromatic carbocycles. The van der Waals surface area contributed by atoms with Gasteiger partial charge in [-0.25, -0.2) is 0 Å². The Morgan fingerprint density at radius 2 is 1.62 bits per heavy atom. The Kier molecular flexibility index (Phi) is 7.01. The number of ether oxygens (including phenoxy) is 2. The van der Waals surface area contributed by atoms with Crippen molar-refractivity contribution in [3.05, 3.63) is 11.6 Å². The van der Waals surface area contributed by atoms with Gasteiger partial charge >= 0.3 is 11.9 Å². The summed E-state index contributed by atoms with van der Waals surface area (Å²) in [6.07, 6.45) is 10.3. The first kappa shape index (κ1) is 29.8. The van der Waals surface area contributed by atoms with E-state index in [0.29, 0.717) is 6.61 Å². The number of carbonyl (C=O) groups excluding carboxylic acids is 3. The van der Waals surface area contributed by atoms with Gasteiger partial charge in [0, 0.05) is 11.3 Å². The van der Waals surface area contributed by atoms with Crippen molar-refractivity contribution in [1.29, 1.82) is 0 Å².